The lowest BCUT2D eigenvalue weighted by atomic mass is 10.1. The molecule has 0 atom stereocenters. The van der Waals surface area contributed by atoms with Gasteiger partial charge in [0.15, 0.2) is 11.5 Å². The number of nitrogens with zero attached hydrogens (tertiary/aromatic N) is 4. The Hall–Kier alpha value is -2.88. The molecule has 0 spiro atoms. The fourth-order valence-corrected chi connectivity index (χ4v) is 2.24. The molecule has 0 saturated heterocycles. The number of alkyl halides is 3. The van der Waals surface area contributed by atoms with Crippen LogP contribution in [-0.2, 0) is 6.18 Å². The van der Waals surface area contributed by atoms with E-state index in [-0.39, 0.29) is 11.5 Å². The smallest absolute Gasteiger partial charge is 0.304 e. The molecule has 0 aliphatic heterocycles. The normalized spacial score (nSPS) is 11.3. The van der Waals surface area contributed by atoms with Crippen LogP contribution in [0.1, 0.15) is 16.1 Å². The van der Waals surface area contributed by atoms with Gasteiger partial charge in [0.1, 0.15) is 0 Å². The van der Waals surface area contributed by atoms with Crippen LogP contribution in [0, 0.1) is 0 Å². The lowest BCUT2D eigenvalue weighted by Crippen LogP contribution is -2.13. The van der Waals surface area contributed by atoms with Crippen molar-refractivity contribution in [1.29, 1.82) is 0 Å². The summed E-state index contributed by atoms with van der Waals surface area (Å²) in [6.07, 6.45) is -3.06. The average Bonchev–Trinajstić information content (AvgIpc) is 3.09. The number of hydrogen-bond donors (Lipinski definition) is 1. The van der Waals surface area contributed by atoms with Crippen LogP contribution in [0.15, 0.2) is 42.6 Å². The summed E-state index contributed by atoms with van der Waals surface area (Å²) in [5, 5.41) is 10.2. The molecule has 0 unspecified atom stereocenters. The summed E-state index contributed by atoms with van der Waals surface area (Å²) < 4.78 is 45.1. The van der Waals surface area contributed by atoms with Gasteiger partial charge in [0.25, 0.3) is 5.91 Å². The van der Waals surface area contributed by atoms with Crippen molar-refractivity contribution in [3.8, 4) is 11.3 Å². The van der Waals surface area contributed by atoms with Crippen molar-refractivity contribution in [2.45, 2.75) is 6.18 Å². The molecule has 0 saturated carbocycles. The van der Waals surface area contributed by atoms with Crippen LogP contribution in [0.5, 0.6) is 0 Å². The first-order chi connectivity index (χ1) is 11.4. The van der Waals surface area contributed by atoms with E-state index in [9.17, 15) is 18.0 Å². The van der Waals surface area contributed by atoms with E-state index < -0.39 is 17.6 Å². The van der Waals surface area contributed by atoms with Crippen molar-refractivity contribution in [3.05, 3.63) is 53.9 Å². The molecule has 3 aromatic rings. The van der Waals surface area contributed by atoms with Crippen molar-refractivity contribution in [1.82, 2.24) is 18.9 Å². The molecule has 0 aliphatic carbocycles. The third kappa shape index (κ3) is 3.54. The Bertz CT molecular complexity index is 832. The van der Waals surface area contributed by atoms with Gasteiger partial charge in [0.2, 0.25) is 0 Å². The molecule has 0 aliphatic rings. The van der Waals surface area contributed by atoms with Crippen molar-refractivity contribution < 1.29 is 18.0 Å². The second-order valence-electron chi connectivity index (χ2n) is 4.63. The third-order valence-corrected chi connectivity index (χ3v) is 3.49. The maximum absolute atomic E-state index is 12.5. The standard InChI is InChI=1S/C14H8F3N5OS/c15-14(16,17)9-3-1-8(2-4-9)10-5-6-12(21-20-10)19-13(23)11-7-18-24-22-11/h1-7H,(H,19,21,23). The molecule has 24 heavy (non-hydrogen) atoms. The Morgan fingerprint density at radius 2 is 1.79 bits per heavy atom. The van der Waals surface area contributed by atoms with E-state index in [0.717, 1.165) is 23.9 Å². The van der Waals surface area contributed by atoms with E-state index in [0.29, 0.717) is 11.3 Å². The summed E-state index contributed by atoms with van der Waals surface area (Å²) in [5.74, 6) is -0.274. The van der Waals surface area contributed by atoms with Crippen molar-refractivity contribution in [2.75, 3.05) is 5.32 Å². The Kier molecular flexibility index (Phi) is 4.21. The number of aromatic nitrogens is 4. The lowest BCUT2D eigenvalue weighted by Gasteiger charge is -2.07. The molecule has 1 N–H and O–H groups in total. The zero-order valence-electron chi connectivity index (χ0n) is 11.8. The molecular formula is C14H8F3N5OS. The number of rotatable bonds is 3. The molecule has 2 heterocycles. The molecule has 0 bridgehead atoms. The van der Waals surface area contributed by atoms with Gasteiger partial charge in [-0.3, -0.25) is 4.79 Å². The fourth-order valence-electron chi connectivity index (χ4n) is 1.83. The zero-order valence-corrected chi connectivity index (χ0v) is 12.6. The van der Waals surface area contributed by atoms with Crippen LogP contribution in [-0.4, -0.2) is 24.9 Å². The van der Waals surface area contributed by atoms with Crippen LogP contribution < -0.4 is 5.32 Å². The quantitative estimate of drug-likeness (QED) is 0.783. The zero-order chi connectivity index (χ0) is 17.2. The minimum atomic E-state index is -4.39. The highest BCUT2D eigenvalue weighted by atomic mass is 32.1. The number of halogens is 3. The molecule has 0 fully saturated rings. The van der Waals surface area contributed by atoms with E-state index in [1.165, 1.54) is 24.4 Å². The van der Waals surface area contributed by atoms with Gasteiger partial charge in [-0.2, -0.15) is 21.9 Å². The molecule has 3 rings (SSSR count). The van der Waals surface area contributed by atoms with Crippen molar-refractivity contribution in [2.24, 2.45) is 0 Å². The van der Waals surface area contributed by atoms with E-state index >= 15 is 0 Å². The minimum Gasteiger partial charge on any atom is -0.304 e. The molecule has 2 aromatic heterocycles. The number of amides is 1. The summed E-state index contributed by atoms with van der Waals surface area (Å²) in [7, 11) is 0. The van der Waals surface area contributed by atoms with E-state index in [1.54, 1.807) is 6.07 Å². The number of benzene rings is 1. The first-order valence-corrected chi connectivity index (χ1v) is 7.27. The van der Waals surface area contributed by atoms with Crippen molar-refractivity contribution in [3.63, 3.8) is 0 Å². The highest BCUT2D eigenvalue weighted by molar-refractivity contribution is 6.99. The average molecular weight is 351 g/mol. The maximum atomic E-state index is 12.5. The van der Waals surface area contributed by atoms with E-state index in [4.69, 9.17) is 0 Å². The van der Waals surface area contributed by atoms with Gasteiger partial charge >= 0.3 is 6.18 Å². The minimum absolute atomic E-state index is 0.161. The summed E-state index contributed by atoms with van der Waals surface area (Å²) in [4.78, 5) is 11.8. The van der Waals surface area contributed by atoms with Crippen molar-refractivity contribution >= 4 is 23.5 Å². The number of anilines is 1. The predicted octanol–water partition coefficient (Wildman–Crippen LogP) is 3.27. The Morgan fingerprint density at radius 3 is 2.33 bits per heavy atom. The largest absolute Gasteiger partial charge is 0.416 e. The Balaban J connectivity index is 1.73. The first-order valence-electron chi connectivity index (χ1n) is 6.54. The van der Waals surface area contributed by atoms with Gasteiger partial charge in [0, 0.05) is 5.56 Å². The highest BCUT2D eigenvalue weighted by Gasteiger charge is 2.30. The van der Waals surface area contributed by atoms with Crippen LogP contribution in [0.4, 0.5) is 19.0 Å². The van der Waals surface area contributed by atoms with Crippen LogP contribution in [0.2, 0.25) is 0 Å². The number of carbonyl (C=O) groups excluding carboxylic acids is 1. The fraction of sp³-hybridized carbons (Fsp3) is 0.0714. The Labute approximate surface area is 137 Å². The topological polar surface area (TPSA) is 80.7 Å². The van der Waals surface area contributed by atoms with E-state index in [2.05, 4.69) is 24.3 Å². The molecule has 1 aromatic carbocycles. The molecule has 122 valence electrons. The molecule has 0 radical (unpaired) electrons. The van der Waals surface area contributed by atoms with Gasteiger partial charge < -0.3 is 5.32 Å². The summed E-state index contributed by atoms with van der Waals surface area (Å²) >= 11 is 0.904. The van der Waals surface area contributed by atoms with Gasteiger partial charge in [-0.1, -0.05) is 12.1 Å². The third-order valence-electron chi connectivity index (χ3n) is 3.01. The molecule has 1 amide bonds. The lowest BCUT2D eigenvalue weighted by molar-refractivity contribution is -0.137. The second-order valence-corrected chi connectivity index (χ2v) is 5.18. The van der Waals surface area contributed by atoms with Gasteiger partial charge in [-0.25, -0.2) is 0 Å². The monoisotopic (exact) mass is 351 g/mol. The summed E-state index contributed by atoms with van der Waals surface area (Å²) in [6, 6.07) is 7.62. The Morgan fingerprint density at radius 1 is 1.04 bits per heavy atom. The molecule has 10 heteroatoms. The van der Waals surface area contributed by atoms with Crippen LogP contribution in [0.25, 0.3) is 11.3 Å². The van der Waals surface area contributed by atoms with Gasteiger partial charge in [-0.15, -0.1) is 10.2 Å². The molecule has 6 nitrogen and oxygen atoms in total. The number of carbonyl (C=O) groups is 1. The van der Waals surface area contributed by atoms with Crippen LogP contribution in [0.3, 0.4) is 0 Å². The SMILES string of the molecule is O=C(Nc1ccc(-c2ccc(C(F)(F)F)cc2)nn1)c1cnsn1. The number of hydrogen-bond acceptors (Lipinski definition) is 6. The number of nitrogens with one attached hydrogen (secondary N) is 1. The van der Waals surface area contributed by atoms with E-state index in [1.807, 2.05) is 0 Å². The highest BCUT2D eigenvalue weighted by Crippen LogP contribution is 2.30. The summed E-state index contributed by atoms with van der Waals surface area (Å²) in [6.45, 7) is 0. The molecular weight excluding hydrogens is 343 g/mol. The van der Waals surface area contributed by atoms with Crippen LogP contribution >= 0.6 is 11.7 Å². The van der Waals surface area contributed by atoms with Gasteiger partial charge in [0.05, 0.1) is 29.2 Å². The van der Waals surface area contributed by atoms with Gasteiger partial charge in [-0.05, 0) is 24.3 Å². The predicted molar refractivity (Wildman–Crippen MR) is 80.3 cm³/mol. The summed E-state index contributed by atoms with van der Waals surface area (Å²) in [5.41, 5.74) is 0.294. The maximum Gasteiger partial charge on any atom is 0.416 e. The second kappa shape index (κ2) is 6.32. The first kappa shape index (κ1) is 16.0.